The third-order valence-corrected chi connectivity index (χ3v) is 5.65. The molecule has 1 heterocycles. The van der Waals surface area contributed by atoms with Gasteiger partial charge in [-0.2, -0.15) is 0 Å². The van der Waals surface area contributed by atoms with Gasteiger partial charge in [0.1, 0.15) is 0 Å². The van der Waals surface area contributed by atoms with Gasteiger partial charge >= 0.3 is 0 Å². The summed E-state index contributed by atoms with van der Waals surface area (Å²) >= 11 is 0. The van der Waals surface area contributed by atoms with E-state index in [4.69, 9.17) is 0 Å². The standard InChI is InChI=1S/C17H29NO/c1-12-9-10-15(17(12,4)5)11-16(19)18-13(2)7-6-8-14(18)3/h9,13-15H,6-8,10-11H2,1-5H3/t13?,14?,15-/m1/s1. The predicted molar refractivity (Wildman–Crippen MR) is 79.9 cm³/mol. The minimum atomic E-state index is 0.192. The molecule has 108 valence electrons. The van der Waals surface area contributed by atoms with E-state index in [1.165, 1.54) is 24.8 Å². The molecule has 1 aliphatic carbocycles. The Bertz CT molecular complexity index is 373. The van der Waals surface area contributed by atoms with Gasteiger partial charge in [-0.15, -0.1) is 0 Å². The number of carbonyl (C=O) groups is 1. The van der Waals surface area contributed by atoms with Crippen LogP contribution >= 0.6 is 0 Å². The van der Waals surface area contributed by atoms with Gasteiger partial charge in [0.15, 0.2) is 0 Å². The Kier molecular flexibility index (Phi) is 4.08. The number of hydrogen-bond donors (Lipinski definition) is 0. The second-order valence-electron chi connectivity index (χ2n) is 7.18. The first-order valence-electron chi connectivity index (χ1n) is 7.82. The molecule has 0 N–H and O–H groups in total. The van der Waals surface area contributed by atoms with Crippen molar-refractivity contribution in [1.29, 1.82) is 0 Å². The highest BCUT2D eigenvalue weighted by Gasteiger charge is 2.38. The molecule has 0 aromatic heterocycles. The smallest absolute Gasteiger partial charge is 0.223 e. The van der Waals surface area contributed by atoms with E-state index in [-0.39, 0.29) is 5.41 Å². The molecule has 0 saturated carbocycles. The highest BCUT2D eigenvalue weighted by atomic mass is 16.2. The summed E-state index contributed by atoms with van der Waals surface area (Å²) in [5.41, 5.74) is 1.64. The van der Waals surface area contributed by atoms with Crippen molar-refractivity contribution in [2.45, 2.75) is 78.8 Å². The first-order chi connectivity index (χ1) is 8.84. The largest absolute Gasteiger partial charge is 0.337 e. The maximum absolute atomic E-state index is 12.7. The number of amides is 1. The van der Waals surface area contributed by atoms with Gasteiger partial charge in [0.25, 0.3) is 0 Å². The van der Waals surface area contributed by atoms with Crippen molar-refractivity contribution in [3.8, 4) is 0 Å². The summed E-state index contributed by atoms with van der Waals surface area (Å²) in [6, 6.07) is 0.852. The minimum Gasteiger partial charge on any atom is -0.337 e. The van der Waals surface area contributed by atoms with E-state index in [9.17, 15) is 4.79 Å². The molecule has 2 unspecified atom stereocenters. The Hall–Kier alpha value is -0.790. The molecule has 2 rings (SSSR count). The van der Waals surface area contributed by atoms with E-state index in [1.54, 1.807) is 0 Å². The Morgan fingerprint density at radius 3 is 2.37 bits per heavy atom. The van der Waals surface area contributed by atoms with E-state index in [1.807, 2.05) is 0 Å². The van der Waals surface area contributed by atoms with Crippen molar-refractivity contribution < 1.29 is 4.79 Å². The third kappa shape index (κ3) is 2.73. The molecule has 1 aliphatic heterocycles. The number of piperidine rings is 1. The van der Waals surface area contributed by atoms with E-state index in [2.05, 4.69) is 45.6 Å². The van der Waals surface area contributed by atoms with Crippen molar-refractivity contribution in [3.05, 3.63) is 11.6 Å². The molecule has 3 atom stereocenters. The van der Waals surface area contributed by atoms with Gasteiger partial charge in [-0.1, -0.05) is 25.5 Å². The zero-order chi connectivity index (χ0) is 14.2. The van der Waals surface area contributed by atoms with Crippen LogP contribution in [0.2, 0.25) is 0 Å². The van der Waals surface area contributed by atoms with E-state index in [0.29, 0.717) is 23.9 Å². The molecule has 0 radical (unpaired) electrons. The van der Waals surface area contributed by atoms with Gasteiger partial charge in [0, 0.05) is 18.5 Å². The fourth-order valence-electron chi connectivity index (χ4n) is 3.77. The second-order valence-corrected chi connectivity index (χ2v) is 7.18. The van der Waals surface area contributed by atoms with Gasteiger partial charge in [-0.05, 0) is 57.8 Å². The highest BCUT2D eigenvalue weighted by molar-refractivity contribution is 5.77. The molecule has 2 aliphatic rings. The predicted octanol–water partition coefficient (Wildman–Crippen LogP) is 4.16. The summed E-state index contributed by atoms with van der Waals surface area (Å²) in [7, 11) is 0. The Morgan fingerprint density at radius 1 is 1.32 bits per heavy atom. The van der Waals surface area contributed by atoms with Crippen LogP contribution in [0.4, 0.5) is 0 Å². The molecule has 0 bridgehead atoms. The topological polar surface area (TPSA) is 20.3 Å². The average molecular weight is 263 g/mol. The summed E-state index contributed by atoms with van der Waals surface area (Å²) < 4.78 is 0. The van der Waals surface area contributed by atoms with Crippen LogP contribution in [-0.4, -0.2) is 22.9 Å². The Morgan fingerprint density at radius 2 is 1.89 bits per heavy atom. The molecular weight excluding hydrogens is 234 g/mol. The number of nitrogens with zero attached hydrogens (tertiary/aromatic N) is 1. The lowest BCUT2D eigenvalue weighted by molar-refractivity contribution is -0.139. The number of carbonyl (C=O) groups excluding carboxylic acids is 1. The van der Waals surface area contributed by atoms with Gasteiger partial charge in [0.2, 0.25) is 5.91 Å². The lowest BCUT2D eigenvalue weighted by Gasteiger charge is -2.40. The molecule has 1 saturated heterocycles. The SMILES string of the molecule is CC1=CC[C@H](CC(=O)N2C(C)CCCC2C)C1(C)C. The van der Waals surface area contributed by atoms with Crippen LogP contribution in [0.1, 0.15) is 66.7 Å². The molecular formula is C17H29NO. The van der Waals surface area contributed by atoms with Crippen LogP contribution in [0.15, 0.2) is 11.6 Å². The van der Waals surface area contributed by atoms with Gasteiger partial charge in [0.05, 0.1) is 0 Å². The molecule has 0 aromatic rings. The Balaban J connectivity index is 2.02. The number of hydrogen-bond acceptors (Lipinski definition) is 1. The van der Waals surface area contributed by atoms with Crippen molar-refractivity contribution in [3.63, 3.8) is 0 Å². The molecule has 2 nitrogen and oxygen atoms in total. The number of allylic oxidation sites excluding steroid dienone is 2. The van der Waals surface area contributed by atoms with Gasteiger partial charge in [-0.25, -0.2) is 0 Å². The van der Waals surface area contributed by atoms with Crippen molar-refractivity contribution in [2.24, 2.45) is 11.3 Å². The van der Waals surface area contributed by atoms with Crippen LogP contribution < -0.4 is 0 Å². The molecule has 2 heteroatoms. The van der Waals surface area contributed by atoms with Gasteiger partial charge < -0.3 is 4.90 Å². The molecule has 1 fully saturated rings. The van der Waals surface area contributed by atoms with Crippen molar-refractivity contribution in [1.82, 2.24) is 4.90 Å². The monoisotopic (exact) mass is 263 g/mol. The third-order valence-electron chi connectivity index (χ3n) is 5.65. The van der Waals surface area contributed by atoms with Crippen molar-refractivity contribution in [2.75, 3.05) is 0 Å². The summed E-state index contributed by atoms with van der Waals surface area (Å²) in [5, 5.41) is 0. The molecule has 0 aromatic carbocycles. The highest BCUT2D eigenvalue weighted by Crippen LogP contribution is 2.45. The zero-order valence-electron chi connectivity index (χ0n) is 13.2. The fraction of sp³-hybridized carbons (Fsp3) is 0.824. The summed E-state index contributed by atoms with van der Waals surface area (Å²) in [5.74, 6) is 0.863. The lowest BCUT2D eigenvalue weighted by Crippen LogP contribution is -2.48. The molecule has 0 spiro atoms. The molecule has 19 heavy (non-hydrogen) atoms. The van der Waals surface area contributed by atoms with Crippen LogP contribution in [0.3, 0.4) is 0 Å². The second kappa shape index (κ2) is 5.30. The van der Waals surface area contributed by atoms with Crippen LogP contribution in [0, 0.1) is 11.3 Å². The number of rotatable bonds is 2. The summed E-state index contributed by atoms with van der Waals surface area (Å²) in [6.45, 7) is 11.2. The van der Waals surface area contributed by atoms with E-state index < -0.39 is 0 Å². The molecule has 1 amide bonds. The first-order valence-corrected chi connectivity index (χ1v) is 7.82. The average Bonchev–Trinajstić information content (AvgIpc) is 2.56. The maximum Gasteiger partial charge on any atom is 0.223 e. The lowest BCUT2D eigenvalue weighted by atomic mass is 9.76. The van der Waals surface area contributed by atoms with E-state index >= 15 is 0 Å². The van der Waals surface area contributed by atoms with E-state index in [0.717, 1.165) is 12.8 Å². The zero-order valence-corrected chi connectivity index (χ0v) is 13.2. The summed E-state index contributed by atoms with van der Waals surface area (Å²) in [4.78, 5) is 14.8. The first kappa shape index (κ1) is 14.6. The number of likely N-dealkylation sites (tertiary alicyclic amines) is 1. The van der Waals surface area contributed by atoms with Crippen LogP contribution in [0.5, 0.6) is 0 Å². The van der Waals surface area contributed by atoms with Gasteiger partial charge in [-0.3, -0.25) is 4.79 Å². The maximum atomic E-state index is 12.7. The normalized spacial score (nSPS) is 34.3. The van der Waals surface area contributed by atoms with Crippen LogP contribution in [-0.2, 0) is 4.79 Å². The fourth-order valence-corrected chi connectivity index (χ4v) is 3.77. The van der Waals surface area contributed by atoms with Crippen LogP contribution in [0.25, 0.3) is 0 Å². The Labute approximate surface area is 118 Å². The quantitative estimate of drug-likeness (QED) is 0.685. The summed E-state index contributed by atoms with van der Waals surface area (Å²) in [6.07, 6.45) is 7.71. The minimum absolute atomic E-state index is 0.192. The van der Waals surface area contributed by atoms with Crippen molar-refractivity contribution >= 4 is 5.91 Å².